The Balaban J connectivity index is 1.54. The second-order valence-electron chi connectivity index (χ2n) is 6.54. The van der Waals surface area contributed by atoms with E-state index in [1.807, 2.05) is 24.3 Å². The second-order valence-corrected chi connectivity index (χ2v) is 9.44. The lowest BCUT2D eigenvalue weighted by Gasteiger charge is -2.17. The predicted octanol–water partition coefficient (Wildman–Crippen LogP) is 1.57. The van der Waals surface area contributed by atoms with Crippen molar-refractivity contribution in [3.05, 3.63) is 63.0 Å². The third kappa shape index (κ3) is 3.40. The lowest BCUT2D eigenvalue weighted by Crippen LogP contribution is -2.35. The summed E-state index contributed by atoms with van der Waals surface area (Å²) in [5, 5.41) is 1.79. The first-order valence-electron chi connectivity index (χ1n) is 8.39. The molecule has 7 nitrogen and oxygen atoms in total. The van der Waals surface area contributed by atoms with Crippen LogP contribution in [0.25, 0.3) is 4.96 Å². The van der Waals surface area contributed by atoms with Gasteiger partial charge in [-0.25, -0.2) is 13.4 Å². The Morgan fingerprint density at radius 3 is 2.89 bits per heavy atom. The van der Waals surface area contributed by atoms with Crippen LogP contribution in [0.1, 0.15) is 17.0 Å². The minimum absolute atomic E-state index is 0.163. The molecule has 0 saturated heterocycles. The summed E-state index contributed by atoms with van der Waals surface area (Å²) in [6.07, 6.45) is 0.717. The van der Waals surface area contributed by atoms with Crippen LogP contribution in [0.15, 0.2) is 40.5 Å². The van der Waals surface area contributed by atoms with Crippen LogP contribution in [0.3, 0.4) is 0 Å². The number of sulfone groups is 1. The largest absolute Gasteiger partial charge is 0.311 e. The maximum Gasteiger partial charge on any atom is 0.258 e. The third-order valence-electron chi connectivity index (χ3n) is 4.53. The van der Waals surface area contributed by atoms with Crippen LogP contribution in [0.4, 0.5) is 5.69 Å². The predicted molar refractivity (Wildman–Crippen MR) is 104 cm³/mol. The zero-order valence-corrected chi connectivity index (χ0v) is 16.2. The molecule has 1 aliphatic rings. The van der Waals surface area contributed by atoms with Crippen LogP contribution < -0.4 is 10.5 Å². The highest BCUT2D eigenvalue weighted by Gasteiger charge is 2.28. The van der Waals surface area contributed by atoms with Gasteiger partial charge in [0.25, 0.3) is 5.56 Å². The maximum atomic E-state index is 12.6. The molecule has 0 aliphatic carbocycles. The molecule has 3 aromatic rings. The fraction of sp³-hybridized carbons (Fsp3) is 0.278. The number of carbonyl (C=O) groups is 1. The molecular formula is C18H17N3O4S2. The lowest BCUT2D eigenvalue weighted by molar-refractivity contribution is -0.116. The topological polar surface area (TPSA) is 88.8 Å². The number of thiazole rings is 1. The van der Waals surface area contributed by atoms with Crippen LogP contribution in [0.5, 0.6) is 0 Å². The summed E-state index contributed by atoms with van der Waals surface area (Å²) in [6.45, 7) is 2.27. The summed E-state index contributed by atoms with van der Waals surface area (Å²) >= 11 is 1.28. The molecule has 0 radical (unpaired) electrons. The molecule has 0 N–H and O–H groups in total. The molecule has 1 amide bonds. The number of hydrogen-bond donors (Lipinski definition) is 0. The second kappa shape index (κ2) is 6.58. The number of hydrogen-bond acceptors (Lipinski definition) is 6. The number of nitrogens with zero attached hydrogens (tertiary/aromatic N) is 3. The molecule has 0 unspecified atom stereocenters. The molecule has 2 aromatic heterocycles. The van der Waals surface area contributed by atoms with Crippen molar-refractivity contribution in [1.82, 2.24) is 9.38 Å². The highest BCUT2D eigenvalue weighted by atomic mass is 32.2. The van der Waals surface area contributed by atoms with Gasteiger partial charge in [0.1, 0.15) is 5.75 Å². The fourth-order valence-corrected chi connectivity index (χ4v) is 5.44. The van der Waals surface area contributed by atoms with Gasteiger partial charge < -0.3 is 4.90 Å². The van der Waals surface area contributed by atoms with Crippen LogP contribution in [-0.2, 0) is 26.8 Å². The Bertz CT molecular complexity index is 1210. The number of amides is 1. The highest BCUT2D eigenvalue weighted by Crippen LogP contribution is 2.27. The SMILES string of the molecule is Cc1csc2nc(CS(=O)(=O)CC(=O)N3CCc4ccccc43)cc(=O)n12. The third-order valence-corrected chi connectivity index (χ3v) is 6.89. The molecule has 3 heterocycles. The summed E-state index contributed by atoms with van der Waals surface area (Å²) in [5.74, 6) is -1.49. The van der Waals surface area contributed by atoms with Gasteiger partial charge in [0.15, 0.2) is 14.8 Å². The minimum Gasteiger partial charge on any atom is -0.311 e. The van der Waals surface area contributed by atoms with E-state index in [1.54, 1.807) is 12.3 Å². The van der Waals surface area contributed by atoms with Crippen LogP contribution in [-0.4, -0.2) is 36.0 Å². The van der Waals surface area contributed by atoms with Crippen molar-refractivity contribution < 1.29 is 13.2 Å². The summed E-state index contributed by atoms with van der Waals surface area (Å²) < 4.78 is 26.5. The molecule has 9 heteroatoms. The lowest BCUT2D eigenvalue weighted by atomic mass is 10.2. The van der Waals surface area contributed by atoms with E-state index >= 15 is 0 Å². The van der Waals surface area contributed by atoms with E-state index in [0.29, 0.717) is 17.9 Å². The molecule has 0 atom stereocenters. The van der Waals surface area contributed by atoms with E-state index in [4.69, 9.17) is 0 Å². The molecule has 140 valence electrons. The van der Waals surface area contributed by atoms with Crippen molar-refractivity contribution in [2.45, 2.75) is 19.1 Å². The van der Waals surface area contributed by atoms with Gasteiger partial charge in [-0.1, -0.05) is 18.2 Å². The van der Waals surface area contributed by atoms with E-state index < -0.39 is 27.3 Å². The number of fused-ring (bicyclic) bond motifs is 2. The Morgan fingerprint density at radius 1 is 1.30 bits per heavy atom. The van der Waals surface area contributed by atoms with Crippen molar-refractivity contribution in [2.75, 3.05) is 17.2 Å². The van der Waals surface area contributed by atoms with E-state index in [-0.39, 0.29) is 11.3 Å². The number of aryl methyl sites for hydroxylation is 1. The van der Waals surface area contributed by atoms with E-state index in [1.165, 1.54) is 26.7 Å². The fourth-order valence-electron chi connectivity index (χ4n) is 3.31. The molecule has 0 spiro atoms. The number of benzene rings is 1. The van der Waals surface area contributed by atoms with Gasteiger partial charge in [0.2, 0.25) is 5.91 Å². The first-order chi connectivity index (χ1) is 12.8. The molecule has 27 heavy (non-hydrogen) atoms. The molecular weight excluding hydrogens is 386 g/mol. The molecule has 0 saturated carbocycles. The Morgan fingerprint density at radius 2 is 2.07 bits per heavy atom. The smallest absolute Gasteiger partial charge is 0.258 e. The monoisotopic (exact) mass is 403 g/mol. The number of aromatic nitrogens is 2. The Hall–Kier alpha value is -2.52. The zero-order chi connectivity index (χ0) is 19.2. The van der Waals surface area contributed by atoms with Crippen molar-refractivity contribution in [3.63, 3.8) is 0 Å². The van der Waals surface area contributed by atoms with Gasteiger partial charge in [0, 0.05) is 29.4 Å². The number of anilines is 1. The van der Waals surface area contributed by atoms with Crippen molar-refractivity contribution in [1.29, 1.82) is 0 Å². The van der Waals surface area contributed by atoms with Gasteiger partial charge in [-0.2, -0.15) is 0 Å². The van der Waals surface area contributed by atoms with E-state index in [2.05, 4.69) is 4.98 Å². The van der Waals surface area contributed by atoms with E-state index in [0.717, 1.165) is 16.9 Å². The van der Waals surface area contributed by atoms with Crippen LogP contribution >= 0.6 is 11.3 Å². The Kier molecular flexibility index (Phi) is 4.35. The average molecular weight is 403 g/mol. The van der Waals surface area contributed by atoms with Crippen LogP contribution in [0.2, 0.25) is 0 Å². The maximum absolute atomic E-state index is 12.6. The quantitative estimate of drug-likeness (QED) is 0.660. The van der Waals surface area contributed by atoms with Crippen molar-refractivity contribution >= 4 is 37.7 Å². The number of carbonyl (C=O) groups excluding carboxylic acids is 1. The van der Waals surface area contributed by atoms with Gasteiger partial charge in [-0.3, -0.25) is 14.0 Å². The first kappa shape index (κ1) is 17.9. The zero-order valence-electron chi connectivity index (χ0n) is 14.6. The van der Waals surface area contributed by atoms with E-state index in [9.17, 15) is 18.0 Å². The minimum atomic E-state index is -3.75. The van der Waals surface area contributed by atoms with Gasteiger partial charge in [0.05, 0.1) is 11.4 Å². The summed E-state index contributed by atoms with van der Waals surface area (Å²) in [6, 6.07) is 8.71. The molecule has 0 bridgehead atoms. The molecule has 4 rings (SSSR count). The molecule has 1 aliphatic heterocycles. The van der Waals surface area contributed by atoms with Crippen molar-refractivity contribution in [3.8, 4) is 0 Å². The highest BCUT2D eigenvalue weighted by molar-refractivity contribution is 7.91. The van der Waals surface area contributed by atoms with Crippen LogP contribution in [0, 0.1) is 6.92 Å². The summed E-state index contributed by atoms with van der Waals surface area (Å²) in [5.41, 5.74) is 2.41. The van der Waals surface area contributed by atoms with Gasteiger partial charge >= 0.3 is 0 Å². The Labute approximate surface area is 159 Å². The molecule has 0 fully saturated rings. The first-order valence-corrected chi connectivity index (χ1v) is 11.1. The van der Waals surface area contributed by atoms with Gasteiger partial charge in [-0.15, -0.1) is 11.3 Å². The standard InChI is InChI=1S/C18H17N3O4S2/c1-12-9-26-18-19-14(8-16(22)21(12)18)10-27(24,25)11-17(23)20-7-6-13-4-2-3-5-15(13)20/h2-5,8-9H,6-7,10-11H2,1H3. The average Bonchev–Trinajstić information content (AvgIpc) is 3.18. The summed E-state index contributed by atoms with van der Waals surface area (Å²) in [7, 11) is -3.75. The summed E-state index contributed by atoms with van der Waals surface area (Å²) in [4.78, 5) is 31.0. The number of para-hydroxylation sites is 1. The normalized spacial score (nSPS) is 13.9. The van der Waals surface area contributed by atoms with Crippen molar-refractivity contribution in [2.24, 2.45) is 0 Å². The van der Waals surface area contributed by atoms with Gasteiger partial charge in [-0.05, 0) is 25.0 Å². The molecule has 1 aromatic carbocycles. The number of rotatable bonds is 4.